The van der Waals surface area contributed by atoms with E-state index in [0.29, 0.717) is 11.8 Å². The highest BCUT2D eigenvalue weighted by Gasteiger charge is 2.31. The van der Waals surface area contributed by atoms with Gasteiger partial charge in [-0.1, -0.05) is 18.8 Å². The van der Waals surface area contributed by atoms with Crippen LogP contribution < -0.4 is 20.7 Å². The Morgan fingerprint density at radius 3 is 2.76 bits per heavy atom. The molecule has 1 aliphatic carbocycles. The van der Waals surface area contributed by atoms with E-state index in [9.17, 15) is 4.79 Å². The van der Waals surface area contributed by atoms with E-state index in [2.05, 4.69) is 44.7 Å². The molecule has 178 valence electrons. The molecule has 1 saturated carbocycles. The number of pyridine rings is 1. The highest BCUT2D eigenvalue weighted by Crippen LogP contribution is 2.27. The van der Waals surface area contributed by atoms with E-state index in [4.69, 9.17) is 14.5 Å². The molecule has 3 N–H and O–H groups in total. The largest absolute Gasteiger partial charge is 0.481 e. The van der Waals surface area contributed by atoms with E-state index in [0.717, 1.165) is 31.5 Å². The molecule has 3 rings (SSSR count). The molecule has 9 nitrogen and oxygen atoms in total. The fraction of sp³-hybridized carbons (Fsp3) is 0.583. The van der Waals surface area contributed by atoms with Crippen LogP contribution in [0.3, 0.4) is 0 Å². The molecule has 33 heavy (non-hydrogen) atoms. The van der Waals surface area contributed by atoms with Crippen LogP contribution in [0.1, 0.15) is 47.0 Å². The number of nitrogens with one attached hydrogen (secondary N) is 3. The Kier molecular flexibility index (Phi) is 8.28. The standard InChI is InChI=1S/C24H34N6O3/c1-6-10-26-21-17(8-7-16-12-19(13-16)29-23(31)33-24(2,3)4)15-27-22(30-21)28-18-9-11-25-20(14-18)32-5/h9,11,14-17,19,21,26H,6,10,12-13H2,1-5H3,(H,29,31)(H,25,28,30). The van der Waals surface area contributed by atoms with Crippen LogP contribution in [-0.4, -0.2) is 54.7 Å². The third-order valence-electron chi connectivity index (χ3n) is 5.08. The predicted molar refractivity (Wildman–Crippen MR) is 130 cm³/mol. The van der Waals surface area contributed by atoms with Gasteiger partial charge in [-0.05, 0) is 52.6 Å². The minimum Gasteiger partial charge on any atom is -0.481 e. The molecule has 0 radical (unpaired) electrons. The van der Waals surface area contributed by atoms with Crippen LogP contribution in [-0.2, 0) is 4.74 Å². The van der Waals surface area contributed by atoms with Gasteiger partial charge in [0.2, 0.25) is 11.8 Å². The zero-order valence-corrected chi connectivity index (χ0v) is 20.0. The van der Waals surface area contributed by atoms with Crippen molar-refractivity contribution in [3.63, 3.8) is 0 Å². The molecule has 0 aromatic carbocycles. The number of hydrogen-bond acceptors (Lipinski definition) is 8. The smallest absolute Gasteiger partial charge is 0.407 e. The summed E-state index contributed by atoms with van der Waals surface area (Å²) in [6.07, 6.45) is 5.59. The zero-order chi connectivity index (χ0) is 23.8. The van der Waals surface area contributed by atoms with Crippen LogP contribution in [0.4, 0.5) is 10.5 Å². The average Bonchev–Trinajstić information content (AvgIpc) is 2.73. The first-order valence-corrected chi connectivity index (χ1v) is 11.4. The number of hydrogen-bond donors (Lipinski definition) is 3. The van der Waals surface area contributed by atoms with Crippen molar-refractivity contribution in [2.24, 2.45) is 21.8 Å². The molecule has 1 aromatic rings. The average molecular weight is 455 g/mol. The second-order valence-electron chi connectivity index (χ2n) is 9.17. The lowest BCUT2D eigenvalue weighted by Gasteiger charge is -2.33. The molecule has 1 aliphatic heterocycles. The molecule has 0 saturated heterocycles. The van der Waals surface area contributed by atoms with Gasteiger partial charge in [0, 0.05) is 36.1 Å². The van der Waals surface area contributed by atoms with E-state index < -0.39 is 5.60 Å². The number of ether oxygens (including phenoxy) is 2. The van der Waals surface area contributed by atoms with E-state index in [-0.39, 0.29) is 30.1 Å². The van der Waals surface area contributed by atoms with Crippen LogP contribution in [0.2, 0.25) is 0 Å². The Labute approximate surface area is 195 Å². The van der Waals surface area contributed by atoms with Crippen LogP contribution in [0, 0.1) is 23.7 Å². The van der Waals surface area contributed by atoms with Gasteiger partial charge >= 0.3 is 6.09 Å². The van der Waals surface area contributed by atoms with Gasteiger partial charge in [0.05, 0.1) is 13.0 Å². The van der Waals surface area contributed by atoms with Gasteiger partial charge in [0.15, 0.2) is 0 Å². The number of carbonyl (C=O) groups is 1. The summed E-state index contributed by atoms with van der Waals surface area (Å²) < 4.78 is 10.5. The van der Waals surface area contributed by atoms with Crippen molar-refractivity contribution in [2.75, 3.05) is 19.0 Å². The summed E-state index contributed by atoms with van der Waals surface area (Å²) in [6.45, 7) is 8.51. The molecule has 0 spiro atoms. The normalized spacial score (nSPS) is 24.0. The summed E-state index contributed by atoms with van der Waals surface area (Å²) in [4.78, 5) is 25.2. The number of amides is 1. The minimum absolute atomic E-state index is 0.111. The maximum atomic E-state index is 11.9. The molecular weight excluding hydrogens is 420 g/mol. The first-order chi connectivity index (χ1) is 15.8. The number of methoxy groups -OCH3 is 1. The Hall–Kier alpha value is -3.12. The Balaban J connectivity index is 1.55. The summed E-state index contributed by atoms with van der Waals surface area (Å²) in [5.74, 6) is 7.83. The van der Waals surface area contributed by atoms with Crippen molar-refractivity contribution in [3.8, 4) is 17.7 Å². The number of alkyl carbamates (subject to hydrolysis) is 1. The lowest BCUT2D eigenvalue weighted by molar-refractivity contribution is 0.0467. The number of nitrogens with zero attached hydrogens (tertiary/aromatic N) is 3. The lowest BCUT2D eigenvalue weighted by Crippen LogP contribution is -2.46. The molecule has 1 amide bonds. The number of anilines is 1. The monoisotopic (exact) mass is 454 g/mol. The fourth-order valence-electron chi connectivity index (χ4n) is 3.39. The molecular formula is C24H34N6O3. The van der Waals surface area contributed by atoms with Crippen molar-refractivity contribution < 1.29 is 14.3 Å². The molecule has 2 unspecified atom stereocenters. The van der Waals surface area contributed by atoms with E-state index in [1.54, 1.807) is 19.4 Å². The second kappa shape index (κ2) is 11.1. The maximum absolute atomic E-state index is 11.9. The molecule has 1 fully saturated rings. The number of aliphatic imine (C=N–C) groups is 2. The number of rotatable bonds is 6. The highest BCUT2D eigenvalue weighted by atomic mass is 16.6. The second-order valence-corrected chi connectivity index (χ2v) is 9.17. The van der Waals surface area contributed by atoms with Gasteiger partial charge in [0.25, 0.3) is 0 Å². The quantitative estimate of drug-likeness (QED) is 0.570. The van der Waals surface area contributed by atoms with Crippen LogP contribution in [0.5, 0.6) is 5.88 Å². The lowest BCUT2D eigenvalue weighted by atomic mass is 9.80. The van der Waals surface area contributed by atoms with Gasteiger partial charge in [0.1, 0.15) is 11.8 Å². The van der Waals surface area contributed by atoms with Crippen LogP contribution in [0.25, 0.3) is 0 Å². The molecule has 2 heterocycles. The summed E-state index contributed by atoms with van der Waals surface area (Å²) in [5, 5.41) is 9.55. The molecule has 2 atom stereocenters. The first kappa shape index (κ1) is 24.5. The van der Waals surface area contributed by atoms with Gasteiger partial charge < -0.3 is 20.1 Å². The first-order valence-electron chi connectivity index (χ1n) is 11.4. The highest BCUT2D eigenvalue weighted by molar-refractivity contribution is 6.00. The van der Waals surface area contributed by atoms with Crippen molar-refractivity contribution in [1.29, 1.82) is 0 Å². The third kappa shape index (κ3) is 7.75. The van der Waals surface area contributed by atoms with Crippen molar-refractivity contribution in [3.05, 3.63) is 18.3 Å². The Bertz CT molecular complexity index is 937. The summed E-state index contributed by atoms with van der Waals surface area (Å²) in [6, 6.07) is 3.73. The van der Waals surface area contributed by atoms with Gasteiger partial charge in [-0.15, -0.1) is 0 Å². The SMILES string of the molecule is CCCNC1N=C(Nc2ccnc(OC)c2)N=CC1C#CC1CC(NC(=O)OC(C)(C)C)C1. The molecule has 0 bridgehead atoms. The summed E-state index contributed by atoms with van der Waals surface area (Å²) in [5.41, 5.74) is 0.306. The van der Waals surface area contributed by atoms with E-state index in [1.165, 1.54) is 0 Å². The van der Waals surface area contributed by atoms with Crippen molar-refractivity contribution in [2.45, 2.75) is 64.8 Å². The fourth-order valence-corrected chi connectivity index (χ4v) is 3.39. The Morgan fingerprint density at radius 2 is 2.06 bits per heavy atom. The summed E-state index contributed by atoms with van der Waals surface area (Å²) >= 11 is 0. The minimum atomic E-state index is -0.494. The predicted octanol–water partition coefficient (Wildman–Crippen LogP) is 3.19. The molecule has 9 heteroatoms. The van der Waals surface area contributed by atoms with Crippen molar-refractivity contribution >= 4 is 24.0 Å². The number of aromatic nitrogens is 1. The van der Waals surface area contributed by atoms with Crippen molar-refractivity contribution in [1.82, 2.24) is 15.6 Å². The summed E-state index contributed by atoms with van der Waals surface area (Å²) in [7, 11) is 1.58. The molecule has 1 aromatic heterocycles. The van der Waals surface area contributed by atoms with Gasteiger partial charge in [-0.3, -0.25) is 5.32 Å². The Morgan fingerprint density at radius 1 is 1.27 bits per heavy atom. The van der Waals surface area contributed by atoms with Gasteiger partial charge in [-0.2, -0.15) is 0 Å². The number of carbonyl (C=O) groups excluding carboxylic acids is 1. The molecule has 2 aliphatic rings. The van der Waals surface area contributed by atoms with E-state index in [1.807, 2.05) is 33.1 Å². The number of guanidine groups is 1. The zero-order valence-electron chi connectivity index (χ0n) is 20.0. The third-order valence-corrected chi connectivity index (χ3v) is 5.08. The topological polar surface area (TPSA) is 109 Å². The van der Waals surface area contributed by atoms with E-state index >= 15 is 0 Å². The van der Waals surface area contributed by atoms with Crippen LogP contribution in [0.15, 0.2) is 28.3 Å². The van der Waals surface area contributed by atoms with Crippen LogP contribution >= 0.6 is 0 Å². The maximum Gasteiger partial charge on any atom is 0.407 e. The van der Waals surface area contributed by atoms with Gasteiger partial charge in [-0.25, -0.2) is 19.8 Å².